The van der Waals surface area contributed by atoms with E-state index in [1.807, 2.05) is 0 Å². The SMILES string of the molecule is Cc1ccc(C(CN=C(N)N2CCCCCC2)N2CCOCC2)cc1. The lowest BCUT2D eigenvalue weighted by atomic mass is 10.0. The lowest BCUT2D eigenvalue weighted by molar-refractivity contribution is 0.0179. The number of hydrogen-bond donors (Lipinski definition) is 1. The Kier molecular flexibility index (Phi) is 6.70. The van der Waals surface area contributed by atoms with Gasteiger partial charge in [-0.1, -0.05) is 42.7 Å². The molecule has 3 rings (SSSR count). The maximum absolute atomic E-state index is 6.33. The molecule has 2 aliphatic heterocycles. The van der Waals surface area contributed by atoms with Gasteiger partial charge in [0, 0.05) is 26.2 Å². The van der Waals surface area contributed by atoms with Crippen LogP contribution < -0.4 is 5.73 Å². The number of morpholine rings is 1. The van der Waals surface area contributed by atoms with Crippen LogP contribution in [-0.4, -0.2) is 61.7 Å². The normalized spacial score (nSPS) is 21.8. The Hall–Kier alpha value is -1.59. The van der Waals surface area contributed by atoms with Gasteiger partial charge >= 0.3 is 0 Å². The number of nitrogens with zero attached hydrogens (tertiary/aromatic N) is 3. The molecule has 25 heavy (non-hydrogen) atoms. The Morgan fingerprint density at radius 1 is 1.04 bits per heavy atom. The molecule has 2 fully saturated rings. The molecule has 0 aliphatic carbocycles. The molecule has 2 saturated heterocycles. The van der Waals surface area contributed by atoms with Gasteiger partial charge in [-0.15, -0.1) is 0 Å². The highest BCUT2D eigenvalue weighted by Crippen LogP contribution is 2.23. The first-order chi connectivity index (χ1) is 12.2. The number of hydrogen-bond acceptors (Lipinski definition) is 3. The third-order valence-corrected chi connectivity index (χ3v) is 5.30. The highest BCUT2D eigenvalue weighted by atomic mass is 16.5. The van der Waals surface area contributed by atoms with Crippen LogP contribution in [0.25, 0.3) is 0 Å². The summed E-state index contributed by atoms with van der Waals surface area (Å²) in [6, 6.07) is 9.10. The van der Waals surface area contributed by atoms with Gasteiger partial charge in [-0.3, -0.25) is 9.89 Å². The van der Waals surface area contributed by atoms with Gasteiger partial charge in [0.1, 0.15) is 0 Å². The van der Waals surface area contributed by atoms with E-state index in [9.17, 15) is 0 Å². The van der Waals surface area contributed by atoms with E-state index < -0.39 is 0 Å². The number of benzene rings is 1. The zero-order chi connectivity index (χ0) is 17.5. The number of aliphatic imine (C=N–C) groups is 1. The predicted molar refractivity (Wildman–Crippen MR) is 103 cm³/mol. The van der Waals surface area contributed by atoms with Gasteiger partial charge in [-0.25, -0.2) is 0 Å². The Bertz CT molecular complexity index is 543. The Labute approximate surface area is 151 Å². The Morgan fingerprint density at radius 2 is 1.68 bits per heavy atom. The Balaban J connectivity index is 1.72. The van der Waals surface area contributed by atoms with Gasteiger partial charge in [0.25, 0.3) is 0 Å². The van der Waals surface area contributed by atoms with Gasteiger partial charge in [0.05, 0.1) is 25.8 Å². The van der Waals surface area contributed by atoms with Crippen LogP contribution in [0.15, 0.2) is 29.3 Å². The molecule has 0 bridgehead atoms. The maximum atomic E-state index is 6.33. The second kappa shape index (κ2) is 9.20. The van der Waals surface area contributed by atoms with Crippen LogP contribution >= 0.6 is 0 Å². The first-order valence-corrected chi connectivity index (χ1v) is 9.67. The number of nitrogens with two attached hydrogens (primary N) is 1. The van der Waals surface area contributed by atoms with Gasteiger partial charge in [-0.05, 0) is 25.3 Å². The van der Waals surface area contributed by atoms with Crippen LogP contribution in [0.5, 0.6) is 0 Å². The third kappa shape index (κ3) is 5.19. The number of likely N-dealkylation sites (tertiary alicyclic amines) is 1. The number of rotatable bonds is 4. The molecule has 5 heteroatoms. The summed E-state index contributed by atoms with van der Waals surface area (Å²) < 4.78 is 5.53. The van der Waals surface area contributed by atoms with Crippen molar-refractivity contribution in [3.8, 4) is 0 Å². The molecule has 1 aromatic carbocycles. The molecular weight excluding hydrogens is 312 g/mol. The standard InChI is InChI=1S/C20H32N4O/c1-17-6-8-18(9-7-17)19(23-12-14-25-15-13-23)16-22-20(21)24-10-4-2-3-5-11-24/h6-9,19H,2-5,10-16H2,1H3,(H2,21,22). The molecule has 2 heterocycles. The second-order valence-corrected chi connectivity index (χ2v) is 7.17. The summed E-state index contributed by atoms with van der Waals surface area (Å²) in [5, 5.41) is 0. The largest absolute Gasteiger partial charge is 0.379 e. The van der Waals surface area contributed by atoms with E-state index in [0.717, 1.165) is 39.4 Å². The summed E-state index contributed by atoms with van der Waals surface area (Å²) in [5.74, 6) is 0.715. The van der Waals surface area contributed by atoms with Crippen LogP contribution in [0.1, 0.15) is 42.9 Å². The number of ether oxygens (including phenoxy) is 1. The van der Waals surface area contributed by atoms with E-state index >= 15 is 0 Å². The minimum Gasteiger partial charge on any atom is -0.379 e. The molecule has 0 spiro atoms. The molecule has 0 saturated carbocycles. The summed E-state index contributed by atoms with van der Waals surface area (Å²) in [4.78, 5) is 9.54. The summed E-state index contributed by atoms with van der Waals surface area (Å²) >= 11 is 0. The van der Waals surface area contributed by atoms with Crippen molar-refractivity contribution in [2.75, 3.05) is 45.9 Å². The van der Waals surface area contributed by atoms with Crippen molar-refractivity contribution in [3.05, 3.63) is 35.4 Å². The van der Waals surface area contributed by atoms with Crippen LogP contribution in [0.4, 0.5) is 0 Å². The summed E-state index contributed by atoms with van der Waals surface area (Å²) in [6.45, 7) is 8.44. The molecule has 1 unspecified atom stereocenters. The first kappa shape index (κ1) is 18.2. The fourth-order valence-corrected chi connectivity index (χ4v) is 3.69. The predicted octanol–water partition coefficient (Wildman–Crippen LogP) is 2.56. The highest BCUT2D eigenvalue weighted by molar-refractivity contribution is 5.78. The summed E-state index contributed by atoms with van der Waals surface area (Å²) in [7, 11) is 0. The minimum atomic E-state index is 0.273. The molecular formula is C20H32N4O. The van der Waals surface area contributed by atoms with Crippen LogP contribution in [0.2, 0.25) is 0 Å². The van der Waals surface area contributed by atoms with Crippen molar-refractivity contribution in [2.24, 2.45) is 10.7 Å². The molecule has 1 atom stereocenters. The van der Waals surface area contributed by atoms with Gasteiger partial charge < -0.3 is 15.4 Å². The molecule has 2 aliphatic rings. The lowest BCUT2D eigenvalue weighted by Crippen LogP contribution is -2.42. The van der Waals surface area contributed by atoms with E-state index in [0.29, 0.717) is 12.5 Å². The van der Waals surface area contributed by atoms with Crippen molar-refractivity contribution in [3.63, 3.8) is 0 Å². The molecule has 0 aromatic heterocycles. The summed E-state index contributed by atoms with van der Waals surface area (Å²) in [5.41, 5.74) is 8.94. The number of guanidine groups is 1. The number of aryl methyl sites for hydroxylation is 1. The fourth-order valence-electron chi connectivity index (χ4n) is 3.69. The van der Waals surface area contributed by atoms with Gasteiger partial charge in [-0.2, -0.15) is 0 Å². The van der Waals surface area contributed by atoms with Crippen LogP contribution in [0.3, 0.4) is 0 Å². The Morgan fingerprint density at radius 3 is 2.32 bits per heavy atom. The minimum absolute atomic E-state index is 0.273. The zero-order valence-corrected chi connectivity index (χ0v) is 15.5. The van der Waals surface area contributed by atoms with Crippen molar-refractivity contribution in [2.45, 2.75) is 38.6 Å². The van der Waals surface area contributed by atoms with Crippen LogP contribution in [-0.2, 0) is 4.74 Å². The molecule has 0 amide bonds. The van der Waals surface area contributed by atoms with Crippen LogP contribution in [0, 0.1) is 6.92 Å². The average molecular weight is 345 g/mol. The van der Waals surface area contributed by atoms with E-state index in [-0.39, 0.29) is 6.04 Å². The van der Waals surface area contributed by atoms with Crippen molar-refractivity contribution in [1.82, 2.24) is 9.80 Å². The smallest absolute Gasteiger partial charge is 0.191 e. The molecule has 1 aromatic rings. The first-order valence-electron chi connectivity index (χ1n) is 9.67. The highest BCUT2D eigenvalue weighted by Gasteiger charge is 2.23. The monoisotopic (exact) mass is 344 g/mol. The van der Waals surface area contributed by atoms with Crippen molar-refractivity contribution >= 4 is 5.96 Å². The zero-order valence-electron chi connectivity index (χ0n) is 15.5. The van der Waals surface area contributed by atoms with Crippen molar-refractivity contribution in [1.29, 1.82) is 0 Å². The third-order valence-electron chi connectivity index (χ3n) is 5.30. The molecule has 138 valence electrons. The molecule has 5 nitrogen and oxygen atoms in total. The second-order valence-electron chi connectivity index (χ2n) is 7.17. The van der Waals surface area contributed by atoms with E-state index in [1.54, 1.807) is 0 Å². The quantitative estimate of drug-likeness (QED) is 0.674. The summed E-state index contributed by atoms with van der Waals surface area (Å²) in [6.07, 6.45) is 5.06. The van der Waals surface area contributed by atoms with E-state index in [4.69, 9.17) is 15.5 Å². The average Bonchev–Trinajstić information content (AvgIpc) is 2.93. The lowest BCUT2D eigenvalue weighted by Gasteiger charge is -2.34. The van der Waals surface area contributed by atoms with E-state index in [2.05, 4.69) is 41.0 Å². The van der Waals surface area contributed by atoms with Gasteiger partial charge in [0.15, 0.2) is 5.96 Å². The molecule has 0 radical (unpaired) electrons. The topological polar surface area (TPSA) is 54.1 Å². The fraction of sp³-hybridized carbons (Fsp3) is 0.650. The van der Waals surface area contributed by atoms with E-state index in [1.165, 1.54) is 36.8 Å². The maximum Gasteiger partial charge on any atom is 0.191 e. The van der Waals surface area contributed by atoms with Crippen molar-refractivity contribution < 1.29 is 4.74 Å². The van der Waals surface area contributed by atoms with Gasteiger partial charge in [0.2, 0.25) is 0 Å². The molecule has 2 N–H and O–H groups in total.